The van der Waals surface area contributed by atoms with Gasteiger partial charge in [0.15, 0.2) is 0 Å². The molecule has 0 fully saturated rings. The number of benzene rings is 1. The minimum atomic E-state index is -1.09. The monoisotopic (exact) mass is 328 g/mol. The Kier molecular flexibility index (Phi) is 4.44. The van der Waals surface area contributed by atoms with Crippen molar-refractivity contribution in [3.8, 4) is 0 Å². The molecule has 1 aromatic heterocycles. The van der Waals surface area contributed by atoms with E-state index in [9.17, 15) is 9.59 Å². The summed E-state index contributed by atoms with van der Waals surface area (Å²) in [5.41, 5.74) is 0.784. The summed E-state index contributed by atoms with van der Waals surface area (Å²) >= 11 is 12.1. The van der Waals surface area contributed by atoms with Crippen molar-refractivity contribution >= 4 is 46.0 Å². The van der Waals surface area contributed by atoms with Crippen molar-refractivity contribution in [2.45, 2.75) is 19.9 Å². The van der Waals surface area contributed by atoms with E-state index in [1.807, 2.05) is 0 Å². The minimum absolute atomic E-state index is 0.126. The van der Waals surface area contributed by atoms with Gasteiger partial charge in [0.25, 0.3) is 5.91 Å². The second-order valence-electron chi connectivity index (χ2n) is 5.04. The van der Waals surface area contributed by atoms with Crippen LogP contribution in [0.15, 0.2) is 18.2 Å². The number of amides is 1. The van der Waals surface area contributed by atoms with Crippen molar-refractivity contribution < 1.29 is 14.7 Å². The Morgan fingerprint density at radius 2 is 1.95 bits per heavy atom. The fourth-order valence-corrected chi connectivity index (χ4v) is 2.48. The van der Waals surface area contributed by atoms with Crippen LogP contribution in [-0.4, -0.2) is 28.0 Å². The Morgan fingerprint density at radius 3 is 2.52 bits per heavy atom. The molecule has 3 N–H and O–H groups in total. The van der Waals surface area contributed by atoms with Gasteiger partial charge in [-0.25, -0.2) is 4.79 Å². The van der Waals surface area contributed by atoms with Crippen LogP contribution in [0.1, 0.15) is 24.3 Å². The van der Waals surface area contributed by atoms with E-state index in [1.54, 1.807) is 32.0 Å². The van der Waals surface area contributed by atoms with Crippen LogP contribution in [0.2, 0.25) is 10.0 Å². The molecule has 2 aromatic rings. The number of rotatable bonds is 4. The highest BCUT2D eigenvalue weighted by Crippen LogP contribution is 2.29. The molecule has 1 atom stereocenters. The average molecular weight is 329 g/mol. The van der Waals surface area contributed by atoms with Crippen LogP contribution < -0.4 is 5.32 Å². The summed E-state index contributed by atoms with van der Waals surface area (Å²) in [7, 11) is 0. The number of carbonyl (C=O) groups is 2. The zero-order valence-electron chi connectivity index (χ0n) is 11.4. The van der Waals surface area contributed by atoms with Gasteiger partial charge in [0.2, 0.25) is 0 Å². The summed E-state index contributed by atoms with van der Waals surface area (Å²) in [5, 5.41) is 12.9. The number of carboxylic acids is 1. The molecule has 0 spiro atoms. The van der Waals surface area contributed by atoms with Crippen LogP contribution >= 0.6 is 23.2 Å². The fourth-order valence-electron chi connectivity index (χ4n) is 2.01. The van der Waals surface area contributed by atoms with Gasteiger partial charge in [-0.1, -0.05) is 37.0 Å². The van der Waals surface area contributed by atoms with E-state index in [1.165, 1.54) is 0 Å². The Hall–Kier alpha value is -1.72. The quantitative estimate of drug-likeness (QED) is 0.805. The van der Waals surface area contributed by atoms with E-state index in [0.717, 1.165) is 0 Å². The van der Waals surface area contributed by atoms with Crippen molar-refractivity contribution in [2.75, 3.05) is 0 Å². The third kappa shape index (κ3) is 3.14. The molecule has 5 nitrogen and oxygen atoms in total. The largest absolute Gasteiger partial charge is 0.480 e. The average Bonchev–Trinajstić information content (AvgIpc) is 2.72. The topological polar surface area (TPSA) is 82.2 Å². The highest BCUT2D eigenvalue weighted by Gasteiger charge is 2.26. The lowest BCUT2D eigenvalue weighted by Gasteiger charge is -2.17. The Bertz CT molecular complexity index is 710. The van der Waals surface area contributed by atoms with Crippen LogP contribution in [0.3, 0.4) is 0 Å². The summed E-state index contributed by atoms with van der Waals surface area (Å²) in [6, 6.07) is 4.04. The van der Waals surface area contributed by atoms with E-state index >= 15 is 0 Å². The van der Waals surface area contributed by atoms with E-state index < -0.39 is 17.9 Å². The molecule has 21 heavy (non-hydrogen) atoms. The molecule has 0 bridgehead atoms. The van der Waals surface area contributed by atoms with Crippen LogP contribution in [0.25, 0.3) is 10.9 Å². The maximum Gasteiger partial charge on any atom is 0.326 e. The van der Waals surface area contributed by atoms with Gasteiger partial charge in [-0.3, -0.25) is 4.79 Å². The van der Waals surface area contributed by atoms with Gasteiger partial charge in [-0.05, 0) is 24.1 Å². The van der Waals surface area contributed by atoms with Crippen LogP contribution in [0.4, 0.5) is 0 Å². The Balaban J connectivity index is 2.35. The molecule has 0 saturated carbocycles. The summed E-state index contributed by atoms with van der Waals surface area (Å²) in [5.74, 6) is -1.90. The molecule has 1 aromatic carbocycles. The van der Waals surface area contributed by atoms with Gasteiger partial charge in [-0.2, -0.15) is 0 Å². The van der Waals surface area contributed by atoms with Crippen molar-refractivity contribution in [3.05, 3.63) is 33.9 Å². The molecule has 2 rings (SSSR count). The second kappa shape index (κ2) is 5.95. The second-order valence-corrected chi connectivity index (χ2v) is 5.85. The predicted molar refractivity (Wildman–Crippen MR) is 82.0 cm³/mol. The zero-order chi connectivity index (χ0) is 15.7. The van der Waals surface area contributed by atoms with Crippen molar-refractivity contribution in [1.82, 2.24) is 10.3 Å². The number of fused-ring (bicyclic) bond motifs is 1. The summed E-state index contributed by atoms with van der Waals surface area (Å²) in [6.45, 7) is 3.43. The smallest absolute Gasteiger partial charge is 0.326 e. The van der Waals surface area contributed by atoms with Crippen molar-refractivity contribution in [3.63, 3.8) is 0 Å². The molecule has 0 unspecified atom stereocenters. The SMILES string of the molecule is CC(C)[C@@H](NC(=O)c1[nH]c2ccc(Cl)cc2c1Cl)C(=O)O. The first kappa shape index (κ1) is 15.7. The van der Waals surface area contributed by atoms with Gasteiger partial charge in [0.05, 0.1) is 5.02 Å². The lowest BCUT2D eigenvalue weighted by molar-refractivity contribution is -0.140. The summed E-state index contributed by atoms with van der Waals surface area (Å²) in [6.07, 6.45) is 0. The Labute approximate surface area is 131 Å². The van der Waals surface area contributed by atoms with E-state index in [4.69, 9.17) is 28.3 Å². The number of hydrogen-bond donors (Lipinski definition) is 3. The molecule has 0 aliphatic rings. The number of hydrogen-bond acceptors (Lipinski definition) is 2. The molecular weight excluding hydrogens is 315 g/mol. The number of nitrogens with one attached hydrogen (secondary N) is 2. The van der Waals surface area contributed by atoms with Gasteiger partial charge >= 0.3 is 5.97 Å². The van der Waals surface area contributed by atoms with Crippen LogP contribution in [-0.2, 0) is 4.79 Å². The molecule has 1 heterocycles. The molecule has 0 saturated heterocycles. The van der Waals surface area contributed by atoms with Crippen LogP contribution in [0, 0.1) is 5.92 Å². The number of carboxylic acid groups (broad SMARTS) is 1. The van der Waals surface area contributed by atoms with Crippen molar-refractivity contribution in [2.24, 2.45) is 5.92 Å². The zero-order valence-corrected chi connectivity index (χ0v) is 12.9. The van der Waals surface area contributed by atoms with Gasteiger partial charge in [-0.15, -0.1) is 0 Å². The standard InChI is InChI=1S/C14H14Cl2N2O3/c1-6(2)11(14(20)21)18-13(19)12-10(16)8-5-7(15)3-4-9(8)17-12/h3-6,11,17H,1-2H3,(H,18,19)(H,20,21)/t11-/m1/s1. The highest BCUT2D eigenvalue weighted by atomic mass is 35.5. The fraction of sp³-hybridized carbons (Fsp3) is 0.286. The lowest BCUT2D eigenvalue weighted by atomic mass is 10.0. The van der Waals surface area contributed by atoms with Gasteiger partial charge < -0.3 is 15.4 Å². The number of aliphatic carboxylic acids is 1. The number of aromatic amines is 1. The normalized spacial score (nSPS) is 12.6. The summed E-state index contributed by atoms with van der Waals surface area (Å²) in [4.78, 5) is 26.2. The maximum absolute atomic E-state index is 12.2. The molecular formula is C14H14Cl2N2O3. The minimum Gasteiger partial charge on any atom is -0.480 e. The Morgan fingerprint density at radius 1 is 1.29 bits per heavy atom. The first-order chi connectivity index (χ1) is 9.81. The van der Waals surface area contributed by atoms with E-state index in [2.05, 4.69) is 10.3 Å². The molecule has 112 valence electrons. The predicted octanol–water partition coefficient (Wildman–Crippen LogP) is 3.31. The maximum atomic E-state index is 12.2. The first-order valence-corrected chi connectivity index (χ1v) is 7.07. The molecule has 1 amide bonds. The number of halogens is 2. The lowest BCUT2D eigenvalue weighted by Crippen LogP contribution is -2.44. The first-order valence-electron chi connectivity index (χ1n) is 6.31. The van der Waals surface area contributed by atoms with Gasteiger partial charge in [0, 0.05) is 15.9 Å². The highest BCUT2D eigenvalue weighted by molar-refractivity contribution is 6.39. The molecule has 0 aliphatic heterocycles. The summed E-state index contributed by atoms with van der Waals surface area (Å²) < 4.78 is 0. The third-order valence-electron chi connectivity index (χ3n) is 3.14. The molecule has 0 aliphatic carbocycles. The van der Waals surface area contributed by atoms with Gasteiger partial charge in [0.1, 0.15) is 11.7 Å². The third-order valence-corrected chi connectivity index (χ3v) is 3.77. The molecule has 0 radical (unpaired) electrons. The van der Waals surface area contributed by atoms with E-state index in [0.29, 0.717) is 15.9 Å². The number of carbonyl (C=O) groups excluding carboxylic acids is 1. The molecule has 7 heteroatoms. The van der Waals surface area contributed by atoms with Crippen LogP contribution in [0.5, 0.6) is 0 Å². The van der Waals surface area contributed by atoms with Crippen molar-refractivity contribution in [1.29, 1.82) is 0 Å². The number of H-pyrrole nitrogens is 1. The van der Waals surface area contributed by atoms with E-state index in [-0.39, 0.29) is 16.6 Å². The number of aromatic nitrogens is 1.